The van der Waals surface area contributed by atoms with Gasteiger partial charge >= 0.3 is 0 Å². The number of carbonyl (C=O) groups excluding carboxylic acids is 2. The van der Waals surface area contributed by atoms with Crippen LogP contribution in [0.2, 0.25) is 0 Å². The smallest absolute Gasteiger partial charge is 0.236 e. The zero-order valence-corrected chi connectivity index (χ0v) is 14.9. The van der Waals surface area contributed by atoms with Crippen LogP contribution < -0.4 is 0 Å². The van der Waals surface area contributed by atoms with Gasteiger partial charge < -0.3 is 14.7 Å². The van der Waals surface area contributed by atoms with Gasteiger partial charge in [-0.15, -0.1) is 0 Å². The van der Waals surface area contributed by atoms with Gasteiger partial charge in [0.2, 0.25) is 11.8 Å². The number of piperidine rings is 1. The summed E-state index contributed by atoms with van der Waals surface area (Å²) in [6.07, 6.45) is 2.61. The largest absolute Gasteiger partial charge is 0.341 e. The van der Waals surface area contributed by atoms with Crippen LogP contribution in [0.3, 0.4) is 0 Å². The maximum Gasteiger partial charge on any atom is 0.236 e. The zero-order chi connectivity index (χ0) is 17.3. The monoisotopic (exact) mass is 329 g/mol. The second kappa shape index (κ2) is 6.55. The van der Waals surface area contributed by atoms with Crippen LogP contribution in [0.4, 0.5) is 0 Å². The van der Waals surface area contributed by atoms with Crippen molar-refractivity contribution in [2.75, 3.05) is 40.8 Å². The van der Waals surface area contributed by atoms with Crippen molar-refractivity contribution in [1.82, 2.24) is 14.7 Å². The molecule has 24 heavy (non-hydrogen) atoms. The van der Waals surface area contributed by atoms with E-state index in [4.69, 9.17) is 0 Å². The van der Waals surface area contributed by atoms with Gasteiger partial charge in [0.15, 0.2) is 0 Å². The van der Waals surface area contributed by atoms with E-state index in [1.807, 2.05) is 66.2 Å². The highest BCUT2D eigenvalue weighted by Gasteiger charge is 2.50. The first-order valence-corrected chi connectivity index (χ1v) is 8.68. The molecule has 3 rings (SSSR count). The summed E-state index contributed by atoms with van der Waals surface area (Å²) in [5.41, 5.74) is 1.02. The van der Waals surface area contributed by atoms with Gasteiger partial charge in [0.1, 0.15) is 0 Å². The molecule has 2 saturated heterocycles. The molecular formula is C19H27N3O2. The molecule has 2 aliphatic heterocycles. The first-order valence-electron chi connectivity index (χ1n) is 8.68. The summed E-state index contributed by atoms with van der Waals surface area (Å²) >= 11 is 0. The van der Waals surface area contributed by atoms with Crippen molar-refractivity contribution in [3.05, 3.63) is 35.9 Å². The Bertz CT molecular complexity index is 606. The van der Waals surface area contributed by atoms with Gasteiger partial charge in [-0.3, -0.25) is 9.59 Å². The Labute approximate surface area is 144 Å². The third-order valence-corrected chi connectivity index (χ3v) is 5.62. The first kappa shape index (κ1) is 17.0. The van der Waals surface area contributed by atoms with Crippen molar-refractivity contribution < 1.29 is 9.59 Å². The van der Waals surface area contributed by atoms with Crippen molar-refractivity contribution in [3.8, 4) is 0 Å². The summed E-state index contributed by atoms with van der Waals surface area (Å²) in [6.45, 7) is 1.94. The van der Waals surface area contributed by atoms with Crippen molar-refractivity contribution in [2.24, 2.45) is 0 Å². The highest BCUT2D eigenvalue weighted by atomic mass is 16.2. The molecule has 130 valence electrons. The van der Waals surface area contributed by atoms with E-state index >= 15 is 0 Å². The van der Waals surface area contributed by atoms with Gasteiger partial charge in [0.05, 0.1) is 12.5 Å². The second-order valence-corrected chi connectivity index (χ2v) is 7.41. The van der Waals surface area contributed by atoms with Crippen molar-refractivity contribution in [3.63, 3.8) is 0 Å². The van der Waals surface area contributed by atoms with E-state index in [1.54, 1.807) is 0 Å². The molecule has 5 nitrogen and oxygen atoms in total. The van der Waals surface area contributed by atoms with E-state index in [0.29, 0.717) is 6.54 Å². The molecule has 1 aromatic carbocycles. The number of hydrogen-bond donors (Lipinski definition) is 0. The number of likely N-dealkylation sites (tertiary alicyclic amines) is 2. The molecule has 0 aliphatic carbocycles. The topological polar surface area (TPSA) is 43.9 Å². The summed E-state index contributed by atoms with van der Waals surface area (Å²) in [7, 11) is 5.76. The van der Waals surface area contributed by atoms with Gasteiger partial charge in [0, 0.05) is 25.7 Å². The van der Waals surface area contributed by atoms with Gasteiger partial charge in [-0.2, -0.15) is 0 Å². The fourth-order valence-electron chi connectivity index (χ4n) is 4.10. The van der Waals surface area contributed by atoms with Crippen molar-refractivity contribution in [2.45, 2.75) is 30.7 Å². The number of likely N-dealkylation sites (N-methyl/N-ethyl adjacent to an activating group) is 2. The molecule has 2 heterocycles. The Morgan fingerprint density at radius 1 is 1.21 bits per heavy atom. The zero-order valence-electron chi connectivity index (χ0n) is 14.9. The lowest BCUT2D eigenvalue weighted by Crippen LogP contribution is -2.53. The standard InChI is InChI=1S/C19H27N3O2/c1-20(2)14-17(23)22-11-9-19(10-12-22)13-16(18(24)21(19)3)15-7-5-4-6-8-15/h4-8,16H,9-14H2,1-3H3. The average Bonchev–Trinajstić information content (AvgIpc) is 2.81. The number of amides is 2. The number of carbonyl (C=O) groups is 2. The lowest BCUT2D eigenvalue weighted by Gasteiger charge is -2.43. The summed E-state index contributed by atoms with van der Waals surface area (Å²) in [5, 5.41) is 0. The van der Waals surface area contributed by atoms with Crippen molar-refractivity contribution in [1.29, 1.82) is 0 Å². The highest BCUT2D eigenvalue weighted by Crippen LogP contribution is 2.44. The Morgan fingerprint density at radius 3 is 2.42 bits per heavy atom. The minimum Gasteiger partial charge on any atom is -0.341 e. The molecule has 1 aromatic rings. The molecule has 0 saturated carbocycles. The molecule has 0 N–H and O–H groups in total. The van der Waals surface area contributed by atoms with Crippen LogP contribution in [0.25, 0.3) is 0 Å². The molecule has 0 bridgehead atoms. The molecule has 2 aliphatic rings. The lowest BCUT2D eigenvalue weighted by molar-refractivity contribution is -0.136. The number of hydrogen-bond acceptors (Lipinski definition) is 3. The van der Waals surface area contributed by atoms with Crippen LogP contribution in [0.1, 0.15) is 30.7 Å². The molecule has 2 fully saturated rings. The molecule has 2 amide bonds. The summed E-state index contributed by atoms with van der Waals surface area (Å²) in [6, 6.07) is 10.1. The van der Waals surface area contributed by atoms with E-state index in [2.05, 4.69) is 0 Å². The SMILES string of the molecule is CN(C)CC(=O)N1CCC2(CC1)CC(c1ccccc1)C(=O)N2C. The van der Waals surface area contributed by atoms with Crippen LogP contribution in [0.5, 0.6) is 0 Å². The maximum atomic E-state index is 12.8. The normalized spacial score (nSPS) is 23.3. The van der Waals surface area contributed by atoms with E-state index in [-0.39, 0.29) is 23.3 Å². The maximum absolute atomic E-state index is 12.8. The van der Waals surface area contributed by atoms with E-state index in [1.165, 1.54) is 0 Å². The predicted octanol–water partition coefficient (Wildman–Crippen LogP) is 1.56. The minimum absolute atomic E-state index is 0.0415. The fraction of sp³-hybridized carbons (Fsp3) is 0.579. The molecule has 1 atom stereocenters. The summed E-state index contributed by atoms with van der Waals surface area (Å²) in [5.74, 6) is 0.357. The second-order valence-electron chi connectivity index (χ2n) is 7.41. The Kier molecular flexibility index (Phi) is 4.63. The molecule has 1 spiro atoms. The summed E-state index contributed by atoms with van der Waals surface area (Å²) in [4.78, 5) is 30.8. The van der Waals surface area contributed by atoms with E-state index in [0.717, 1.165) is 37.9 Å². The van der Waals surface area contributed by atoms with Crippen molar-refractivity contribution >= 4 is 11.8 Å². The Balaban J connectivity index is 1.69. The molecular weight excluding hydrogens is 302 g/mol. The average molecular weight is 329 g/mol. The van der Waals surface area contributed by atoms with Crippen LogP contribution >= 0.6 is 0 Å². The van der Waals surface area contributed by atoms with Gasteiger partial charge in [-0.1, -0.05) is 30.3 Å². The molecule has 0 aromatic heterocycles. The minimum atomic E-state index is -0.0908. The van der Waals surface area contributed by atoms with E-state index in [9.17, 15) is 9.59 Å². The molecule has 5 heteroatoms. The van der Waals surface area contributed by atoms with Crippen LogP contribution in [-0.2, 0) is 9.59 Å². The fourth-order valence-corrected chi connectivity index (χ4v) is 4.10. The number of nitrogens with zero attached hydrogens (tertiary/aromatic N) is 3. The van der Waals surface area contributed by atoms with Gasteiger partial charge in [-0.25, -0.2) is 0 Å². The molecule has 0 radical (unpaired) electrons. The van der Waals surface area contributed by atoms with Gasteiger partial charge in [-0.05, 0) is 38.9 Å². The Morgan fingerprint density at radius 2 is 1.83 bits per heavy atom. The number of benzene rings is 1. The quantitative estimate of drug-likeness (QED) is 0.845. The van der Waals surface area contributed by atoms with Crippen LogP contribution in [-0.4, -0.2) is 72.8 Å². The lowest BCUT2D eigenvalue weighted by atomic mass is 9.81. The Hall–Kier alpha value is -1.88. The van der Waals surface area contributed by atoms with Gasteiger partial charge in [0.25, 0.3) is 0 Å². The van der Waals surface area contributed by atoms with Crippen LogP contribution in [0, 0.1) is 0 Å². The predicted molar refractivity (Wildman–Crippen MR) is 93.7 cm³/mol. The summed E-state index contributed by atoms with van der Waals surface area (Å²) < 4.78 is 0. The highest BCUT2D eigenvalue weighted by molar-refractivity contribution is 5.87. The third kappa shape index (κ3) is 3.05. The third-order valence-electron chi connectivity index (χ3n) is 5.62. The number of rotatable bonds is 3. The van der Waals surface area contributed by atoms with Crippen LogP contribution in [0.15, 0.2) is 30.3 Å². The first-order chi connectivity index (χ1) is 11.4. The molecule has 1 unspecified atom stereocenters. The van der Waals surface area contributed by atoms with E-state index < -0.39 is 0 Å².